The Balaban J connectivity index is 2.69. The summed E-state index contributed by atoms with van der Waals surface area (Å²) in [7, 11) is -1.41. The lowest BCUT2D eigenvalue weighted by Crippen LogP contribution is -2.39. The van der Waals surface area contributed by atoms with Crippen molar-refractivity contribution in [1.82, 2.24) is 0 Å². The van der Waals surface area contributed by atoms with E-state index in [1.54, 1.807) is 0 Å². The fourth-order valence-electron chi connectivity index (χ4n) is 2.11. The van der Waals surface area contributed by atoms with Gasteiger partial charge in [-0.3, -0.25) is 0 Å². The average molecular weight is 258 g/mol. The SMILES string of the molecule is C=CCC(C)(C)C/C=C/[Si](C)(C)c1ccccc1. The highest BCUT2D eigenvalue weighted by molar-refractivity contribution is 6.93. The van der Waals surface area contributed by atoms with Gasteiger partial charge in [0.2, 0.25) is 0 Å². The normalized spacial score (nSPS) is 12.9. The Morgan fingerprint density at radius 1 is 1.11 bits per heavy atom. The van der Waals surface area contributed by atoms with Crippen LogP contribution in [0.3, 0.4) is 0 Å². The minimum atomic E-state index is -1.41. The Bertz CT molecular complexity index is 399. The number of hydrogen-bond acceptors (Lipinski definition) is 0. The van der Waals surface area contributed by atoms with Crippen LogP contribution in [-0.4, -0.2) is 8.07 Å². The maximum Gasteiger partial charge on any atom is 0.103 e. The smallest absolute Gasteiger partial charge is 0.103 e. The highest BCUT2D eigenvalue weighted by Crippen LogP contribution is 2.26. The van der Waals surface area contributed by atoms with Crippen molar-refractivity contribution in [3.05, 3.63) is 54.8 Å². The second-order valence-electron chi connectivity index (χ2n) is 6.35. The van der Waals surface area contributed by atoms with E-state index in [1.165, 1.54) is 5.19 Å². The molecule has 0 nitrogen and oxygen atoms in total. The molecule has 0 aliphatic carbocycles. The fraction of sp³-hybridized carbons (Fsp3) is 0.412. The Kier molecular flexibility index (Phi) is 5.15. The van der Waals surface area contributed by atoms with Crippen LogP contribution in [-0.2, 0) is 0 Å². The second kappa shape index (κ2) is 6.19. The molecule has 0 unspecified atom stereocenters. The van der Waals surface area contributed by atoms with Crippen molar-refractivity contribution in [2.45, 2.75) is 39.8 Å². The predicted molar refractivity (Wildman–Crippen MR) is 85.9 cm³/mol. The molecule has 0 aliphatic rings. The molecule has 0 saturated heterocycles. The van der Waals surface area contributed by atoms with Gasteiger partial charge in [-0.05, 0) is 18.3 Å². The van der Waals surface area contributed by atoms with Crippen molar-refractivity contribution >= 4 is 13.3 Å². The summed E-state index contributed by atoms with van der Waals surface area (Å²) in [5.74, 6) is 0. The minimum absolute atomic E-state index is 0.333. The van der Waals surface area contributed by atoms with Crippen LogP contribution < -0.4 is 5.19 Å². The van der Waals surface area contributed by atoms with Gasteiger partial charge < -0.3 is 0 Å². The van der Waals surface area contributed by atoms with Gasteiger partial charge in [-0.2, -0.15) is 0 Å². The lowest BCUT2D eigenvalue weighted by molar-refractivity contribution is 0.377. The monoisotopic (exact) mass is 258 g/mol. The largest absolute Gasteiger partial charge is 0.103 e. The van der Waals surface area contributed by atoms with E-state index in [9.17, 15) is 0 Å². The first-order valence-corrected chi connectivity index (χ1v) is 9.79. The van der Waals surface area contributed by atoms with Crippen molar-refractivity contribution in [2.75, 3.05) is 0 Å². The highest BCUT2D eigenvalue weighted by atomic mass is 28.3. The molecule has 98 valence electrons. The van der Waals surface area contributed by atoms with Gasteiger partial charge in [0.25, 0.3) is 0 Å². The summed E-state index contributed by atoms with van der Waals surface area (Å²) in [6, 6.07) is 10.9. The van der Waals surface area contributed by atoms with Gasteiger partial charge in [0.1, 0.15) is 8.07 Å². The lowest BCUT2D eigenvalue weighted by atomic mass is 9.86. The summed E-state index contributed by atoms with van der Waals surface area (Å²) < 4.78 is 0. The topological polar surface area (TPSA) is 0 Å². The molecule has 0 amide bonds. The summed E-state index contributed by atoms with van der Waals surface area (Å²) in [5.41, 5.74) is 2.80. The molecule has 0 radical (unpaired) electrons. The van der Waals surface area contributed by atoms with E-state index >= 15 is 0 Å². The second-order valence-corrected chi connectivity index (χ2v) is 10.7. The van der Waals surface area contributed by atoms with Gasteiger partial charge >= 0.3 is 0 Å². The molecule has 1 heteroatoms. The maximum atomic E-state index is 3.83. The zero-order chi connectivity index (χ0) is 13.6. The highest BCUT2D eigenvalue weighted by Gasteiger charge is 2.20. The number of rotatable bonds is 6. The van der Waals surface area contributed by atoms with Crippen LogP contribution in [0.4, 0.5) is 0 Å². The third-order valence-electron chi connectivity index (χ3n) is 3.42. The van der Waals surface area contributed by atoms with Crippen LogP contribution in [0.25, 0.3) is 0 Å². The van der Waals surface area contributed by atoms with Gasteiger partial charge in [-0.1, -0.05) is 80.3 Å². The first kappa shape index (κ1) is 15.0. The zero-order valence-electron chi connectivity index (χ0n) is 12.2. The third-order valence-corrected chi connectivity index (χ3v) is 6.31. The van der Waals surface area contributed by atoms with Crippen LogP contribution in [0.2, 0.25) is 13.1 Å². The van der Waals surface area contributed by atoms with E-state index in [4.69, 9.17) is 0 Å². The lowest BCUT2D eigenvalue weighted by Gasteiger charge is -2.22. The van der Waals surface area contributed by atoms with Gasteiger partial charge in [-0.15, -0.1) is 6.58 Å². The van der Waals surface area contributed by atoms with Crippen molar-refractivity contribution in [3.8, 4) is 0 Å². The predicted octanol–water partition coefficient (Wildman–Crippen LogP) is 4.69. The molecule has 1 aromatic rings. The molecule has 0 fully saturated rings. The van der Waals surface area contributed by atoms with Crippen LogP contribution in [0.15, 0.2) is 54.8 Å². The Labute approximate surface area is 113 Å². The van der Waals surface area contributed by atoms with E-state index in [2.05, 4.69) is 75.6 Å². The van der Waals surface area contributed by atoms with Crippen molar-refractivity contribution in [2.24, 2.45) is 5.41 Å². The Morgan fingerprint density at radius 3 is 2.28 bits per heavy atom. The first-order valence-electron chi connectivity index (χ1n) is 6.71. The number of benzene rings is 1. The standard InChI is InChI=1S/C17H26Si/c1-6-13-17(2,3)14-10-15-18(4,5)16-11-8-7-9-12-16/h6-12,15H,1,13-14H2,2-5H3/b15-10+. The molecule has 0 aromatic heterocycles. The van der Waals surface area contributed by atoms with E-state index in [0.717, 1.165) is 12.8 Å². The van der Waals surface area contributed by atoms with Gasteiger partial charge in [0.15, 0.2) is 0 Å². The van der Waals surface area contributed by atoms with Gasteiger partial charge in [0, 0.05) is 0 Å². The maximum absolute atomic E-state index is 3.83. The molecule has 0 aliphatic heterocycles. The van der Waals surface area contributed by atoms with Crippen LogP contribution in [0.5, 0.6) is 0 Å². The molecule has 0 atom stereocenters. The molecule has 1 rings (SSSR count). The van der Waals surface area contributed by atoms with Crippen molar-refractivity contribution < 1.29 is 0 Å². The van der Waals surface area contributed by atoms with Crippen LogP contribution in [0, 0.1) is 5.41 Å². The summed E-state index contributed by atoms with van der Waals surface area (Å²) in [5, 5.41) is 1.50. The molecule has 1 aromatic carbocycles. The molecule has 18 heavy (non-hydrogen) atoms. The van der Waals surface area contributed by atoms with E-state index in [1.807, 2.05) is 6.08 Å². The molecule has 0 heterocycles. The molecular formula is C17H26Si. The number of allylic oxidation sites excluding steroid dienone is 2. The summed E-state index contributed by atoms with van der Waals surface area (Å²) in [6.45, 7) is 13.2. The zero-order valence-corrected chi connectivity index (χ0v) is 13.2. The van der Waals surface area contributed by atoms with E-state index < -0.39 is 8.07 Å². The summed E-state index contributed by atoms with van der Waals surface area (Å²) in [6.07, 6.45) is 6.60. The Hall–Kier alpha value is -1.08. The third kappa shape index (κ3) is 4.65. The molecule has 0 bridgehead atoms. The molecular weight excluding hydrogens is 232 g/mol. The first-order chi connectivity index (χ1) is 8.37. The quantitative estimate of drug-likeness (QED) is 0.513. The van der Waals surface area contributed by atoms with Gasteiger partial charge in [0.05, 0.1) is 0 Å². The molecule has 0 saturated carbocycles. The van der Waals surface area contributed by atoms with Gasteiger partial charge in [-0.25, -0.2) is 0 Å². The summed E-state index contributed by atoms with van der Waals surface area (Å²) in [4.78, 5) is 0. The van der Waals surface area contributed by atoms with E-state index in [0.29, 0.717) is 5.41 Å². The fourth-order valence-corrected chi connectivity index (χ4v) is 4.06. The van der Waals surface area contributed by atoms with Crippen LogP contribution >= 0.6 is 0 Å². The average Bonchev–Trinajstić information content (AvgIpc) is 2.29. The van der Waals surface area contributed by atoms with Crippen molar-refractivity contribution in [3.63, 3.8) is 0 Å². The van der Waals surface area contributed by atoms with E-state index in [-0.39, 0.29) is 0 Å². The molecule has 0 spiro atoms. The Morgan fingerprint density at radius 2 is 1.72 bits per heavy atom. The van der Waals surface area contributed by atoms with Crippen molar-refractivity contribution in [1.29, 1.82) is 0 Å². The number of hydrogen-bond donors (Lipinski definition) is 0. The minimum Gasteiger partial charge on any atom is -0.103 e. The molecule has 0 N–H and O–H groups in total. The summed E-state index contributed by atoms with van der Waals surface area (Å²) >= 11 is 0. The van der Waals surface area contributed by atoms with Crippen LogP contribution in [0.1, 0.15) is 26.7 Å².